The van der Waals surface area contributed by atoms with E-state index in [1.54, 1.807) is 26.1 Å². The fourth-order valence-electron chi connectivity index (χ4n) is 3.13. The normalized spacial score (nSPS) is 17.9. The first-order valence-electron chi connectivity index (χ1n) is 10.3. The van der Waals surface area contributed by atoms with Gasteiger partial charge in [0.05, 0.1) is 6.61 Å². The van der Waals surface area contributed by atoms with Crippen LogP contribution in [0.15, 0.2) is 4.99 Å². The molecule has 0 saturated carbocycles. The maximum Gasteiger partial charge on any atom is 0.410 e. The topological polar surface area (TPSA) is 78.4 Å². The van der Waals surface area contributed by atoms with Gasteiger partial charge in [-0.15, -0.1) is 0 Å². The number of carbonyl (C=O) groups is 1. The number of nitrogens with one attached hydrogen (secondary N) is 2. The van der Waals surface area contributed by atoms with E-state index in [9.17, 15) is 4.79 Å². The summed E-state index contributed by atoms with van der Waals surface area (Å²) in [6, 6.07) is 0.435. The van der Waals surface area contributed by atoms with Crippen molar-refractivity contribution in [2.75, 3.05) is 60.5 Å². The molecule has 0 aliphatic carbocycles. The average molecular weight is 400 g/mol. The van der Waals surface area contributed by atoms with Crippen LogP contribution in [-0.4, -0.2) is 94.0 Å². The van der Waals surface area contributed by atoms with Gasteiger partial charge in [-0.3, -0.25) is 4.99 Å². The molecule has 0 bridgehead atoms. The highest BCUT2D eigenvalue weighted by Gasteiger charge is 2.22. The summed E-state index contributed by atoms with van der Waals surface area (Å²) < 4.78 is 10.6. The second-order valence-corrected chi connectivity index (χ2v) is 8.67. The van der Waals surface area contributed by atoms with Crippen LogP contribution in [0.3, 0.4) is 0 Å². The molecular weight excluding hydrogens is 358 g/mol. The minimum absolute atomic E-state index is 0.270. The van der Waals surface area contributed by atoms with E-state index >= 15 is 0 Å². The monoisotopic (exact) mass is 399 g/mol. The highest BCUT2D eigenvalue weighted by Crippen LogP contribution is 2.11. The minimum Gasteiger partial charge on any atom is -0.444 e. The van der Waals surface area contributed by atoms with Crippen LogP contribution in [0.1, 0.15) is 40.5 Å². The number of rotatable bonds is 8. The lowest BCUT2D eigenvalue weighted by atomic mass is 10.1. The Bertz CT molecular complexity index is 485. The molecule has 164 valence electrons. The van der Waals surface area contributed by atoms with Crippen molar-refractivity contribution in [3.05, 3.63) is 0 Å². The van der Waals surface area contributed by atoms with Gasteiger partial charge in [-0.2, -0.15) is 0 Å². The molecule has 1 unspecified atom stereocenters. The quantitative estimate of drug-likeness (QED) is 0.478. The number of nitrogens with zero attached hydrogens (tertiary/aromatic N) is 3. The molecule has 0 aromatic rings. The minimum atomic E-state index is -0.474. The van der Waals surface area contributed by atoms with Gasteiger partial charge < -0.3 is 29.9 Å². The molecule has 28 heavy (non-hydrogen) atoms. The van der Waals surface area contributed by atoms with Crippen LogP contribution in [-0.2, 0) is 9.47 Å². The zero-order valence-electron chi connectivity index (χ0n) is 18.9. The van der Waals surface area contributed by atoms with E-state index in [-0.39, 0.29) is 12.0 Å². The summed E-state index contributed by atoms with van der Waals surface area (Å²) in [7, 11) is 5.31. The van der Waals surface area contributed by atoms with Gasteiger partial charge in [-0.25, -0.2) is 4.79 Å². The zero-order valence-corrected chi connectivity index (χ0v) is 18.9. The lowest BCUT2D eigenvalue weighted by Crippen LogP contribution is -2.50. The third-order valence-corrected chi connectivity index (χ3v) is 4.67. The van der Waals surface area contributed by atoms with E-state index < -0.39 is 5.60 Å². The van der Waals surface area contributed by atoms with E-state index in [2.05, 4.69) is 27.4 Å². The van der Waals surface area contributed by atoms with Gasteiger partial charge in [0, 0.05) is 60.0 Å². The number of ether oxygens (including phenoxy) is 2. The van der Waals surface area contributed by atoms with Crippen LogP contribution in [0.25, 0.3) is 0 Å². The molecule has 1 atom stereocenters. The number of likely N-dealkylation sites (tertiary alicyclic amines) is 1. The summed E-state index contributed by atoms with van der Waals surface area (Å²) in [6.45, 7) is 13.0. The first kappa shape index (κ1) is 24.5. The summed E-state index contributed by atoms with van der Waals surface area (Å²) in [5.74, 6) is 1.09. The molecule has 1 fully saturated rings. The van der Waals surface area contributed by atoms with Crippen molar-refractivity contribution >= 4 is 12.1 Å². The Balaban J connectivity index is 2.31. The van der Waals surface area contributed by atoms with E-state index in [4.69, 9.17) is 9.47 Å². The van der Waals surface area contributed by atoms with Crippen molar-refractivity contribution < 1.29 is 14.3 Å². The summed E-state index contributed by atoms with van der Waals surface area (Å²) in [6.07, 6.45) is 1.91. The van der Waals surface area contributed by atoms with Crippen LogP contribution < -0.4 is 10.6 Å². The Kier molecular flexibility index (Phi) is 10.6. The summed E-state index contributed by atoms with van der Waals surface area (Å²) >= 11 is 0. The summed E-state index contributed by atoms with van der Waals surface area (Å²) in [4.78, 5) is 20.5. The van der Waals surface area contributed by atoms with Crippen molar-refractivity contribution in [2.24, 2.45) is 10.9 Å². The maximum absolute atomic E-state index is 12.1. The molecule has 1 amide bonds. The van der Waals surface area contributed by atoms with Crippen LogP contribution >= 0.6 is 0 Å². The number of methoxy groups -OCH3 is 1. The molecule has 0 spiro atoms. The van der Waals surface area contributed by atoms with Crippen molar-refractivity contribution in [2.45, 2.75) is 52.2 Å². The van der Waals surface area contributed by atoms with E-state index in [0.29, 0.717) is 12.6 Å². The molecule has 1 saturated heterocycles. The van der Waals surface area contributed by atoms with Crippen molar-refractivity contribution in [1.82, 2.24) is 20.4 Å². The number of hydrogen-bond donors (Lipinski definition) is 2. The Morgan fingerprint density at radius 2 is 1.96 bits per heavy atom. The van der Waals surface area contributed by atoms with Crippen LogP contribution in [0.2, 0.25) is 0 Å². The zero-order chi connectivity index (χ0) is 21.2. The fraction of sp³-hybridized carbons (Fsp3) is 0.900. The molecule has 1 heterocycles. The Morgan fingerprint density at radius 3 is 2.50 bits per heavy atom. The average Bonchev–Trinajstić information content (AvgIpc) is 2.62. The van der Waals surface area contributed by atoms with Gasteiger partial charge in [0.2, 0.25) is 0 Å². The third kappa shape index (κ3) is 10.1. The van der Waals surface area contributed by atoms with E-state index in [1.165, 1.54) is 0 Å². The molecule has 8 heteroatoms. The first-order chi connectivity index (χ1) is 13.1. The number of aliphatic imine (C=N–C) groups is 1. The molecule has 8 nitrogen and oxygen atoms in total. The Hall–Kier alpha value is -1.54. The predicted molar refractivity (Wildman–Crippen MR) is 114 cm³/mol. The molecule has 0 radical (unpaired) electrons. The lowest BCUT2D eigenvalue weighted by Gasteiger charge is -2.33. The second-order valence-electron chi connectivity index (χ2n) is 8.67. The van der Waals surface area contributed by atoms with Crippen molar-refractivity contribution in [3.63, 3.8) is 0 Å². The Labute approximate surface area is 171 Å². The Morgan fingerprint density at radius 1 is 1.32 bits per heavy atom. The largest absolute Gasteiger partial charge is 0.444 e. The van der Waals surface area contributed by atoms with Gasteiger partial charge in [-0.05, 0) is 39.5 Å². The number of hydrogen-bond acceptors (Lipinski definition) is 5. The van der Waals surface area contributed by atoms with Crippen LogP contribution in [0, 0.1) is 5.92 Å². The highest BCUT2D eigenvalue weighted by atomic mass is 16.6. The standard InChI is InChI=1S/C20H41N5O3/c1-16(15-24(6)19(26)28-20(2,3)4)14-22-18(21-5)23-17-8-10-25(11-9-17)12-13-27-7/h16-17H,8-15H2,1-7H3,(H2,21,22,23). The summed E-state index contributed by atoms with van der Waals surface area (Å²) in [5, 5.41) is 6.90. The van der Waals surface area contributed by atoms with Crippen molar-refractivity contribution in [3.8, 4) is 0 Å². The third-order valence-electron chi connectivity index (χ3n) is 4.67. The second kappa shape index (κ2) is 12.1. The first-order valence-corrected chi connectivity index (χ1v) is 10.3. The smallest absolute Gasteiger partial charge is 0.410 e. The lowest BCUT2D eigenvalue weighted by molar-refractivity contribution is 0.0278. The van der Waals surface area contributed by atoms with Crippen molar-refractivity contribution in [1.29, 1.82) is 0 Å². The number of piperidine rings is 1. The number of amides is 1. The SMILES string of the molecule is CN=C(NCC(C)CN(C)C(=O)OC(C)(C)C)NC1CCN(CCOC)CC1. The van der Waals surface area contributed by atoms with Gasteiger partial charge in [-0.1, -0.05) is 6.92 Å². The predicted octanol–water partition coefficient (Wildman–Crippen LogP) is 1.77. The van der Waals surface area contributed by atoms with Gasteiger partial charge in [0.1, 0.15) is 5.60 Å². The highest BCUT2D eigenvalue weighted by molar-refractivity contribution is 5.80. The molecule has 1 rings (SSSR count). The fourth-order valence-corrected chi connectivity index (χ4v) is 3.13. The molecule has 1 aliphatic heterocycles. The molecule has 2 N–H and O–H groups in total. The van der Waals surface area contributed by atoms with Gasteiger partial charge >= 0.3 is 6.09 Å². The van der Waals surface area contributed by atoms with Crippen LogP contribution in [0.4, 0.5) is 4.79 Å². The van der Waals surface area contributed by atoms with E-state index in [0.717, 1.165) is 51.6 Å². The van der Waals surface area contributed by atoms with Gasteiger partial charge in [0.25, 0.3) is 0 Å². The molecular formula is C20H41N5O3. The molecule has 1 aliphatic rings. The number of guanidine groups is 1. The number of carbonyl (C=O) groups excluding carboxylic acids is 1. The van der Waals surface area contributed by atoms with Crippen LogP contribution in [0.5, 0.6) is 0 Å². The maximum atomic E-state index is 12.1. The van der Waals surface area contributed by atoms with Gasteiger partial charge in [0.15, 0.2) is 5.96 Å². The molecule has 0 aromatic heterocycles. The summed E-state index contributed by atoms with van der Waals surface area (Å²) in [5.41, 5.74) is -0.474. The van der Waals surface area contributed by atoms with E-state index in [1.807, 2.05) is 20.8 Å². The molecule has 0 aromatic carbocycles.